The molecule has 0 bridgehead atoms. The molecule has 0 nitrogen and oxygen atoms in total. The molecule has 0 aromatic heterocycles. The van der Waals surface area contributed by atoms with Crippen molar-refractivity contribution in [3.63, 3.8) is 0 Å². The van der Waals surface area contributed by atoms with Gasteiger partial charge in [-0.15, -0.1) is 0 Å². The Bertz CT molecular complexity index is 565. The average molecular weight is 490 g/mol. The van der Waals surface area contributed by atoms with Crippen LogP contribution in [0.3, 0.4) is 0 Å². The van der Waals surface area contributed by atoms with Gasteiger partial charge in [-0.3, -0.25) is 0 Å². The second kappa shape index (κ2) is 5.72. The van der Waals surface area contributed by atoms with Gasteiger partial charge in [-0.2, -0.15) is 0 Å². The molecule has 0 atom stereocenters. The Morgan fingerprint density at radius 2 is 1.05 bits per heavy atom. The van der Waals surface area contributed by atoms with Crippen LogP contribution in [0.5, 0.6) is 0 Å². The van der Waals surface area contributed by atoms with Crippen molar-refractivity contribution in [2.24, 2.45) is 0 Å². The molecule has 101 valence electrons. The molecular formula is C16H18BiCl2. The Morgan fingerprint density at radius 1 is 0.684 bits per heavy atom. The molecule has 0 aliphatic carbocycles. The summed E-state index contributed by atoms with van der Waals surface area (Å²) in [5.74, 6) is 0. The molecule has 3 heteroatoms. The van der Waals surface area contributed by atoms with E-state index in [0.717, 1.165) is 0 Å². The second-order valence-electron chi connectivity index (χ2n) is 5.09. The van der Waals surface area contributed by atoms with Crippen LogP contribution >= 0.6 is 17.0 Å². The van der Waals surface area contributed by atoms with Crippen molar-refractivity contribution < 1.29 is 0 Å². The zero-order valence-corrected chi connectivity index (χ0v) is 16.7. The first-order chi connectivity index (χ1) is 8.82. The standard InChI is InChI=1S/2C8H9.Bi.2ClH/c2*1-7-4-3-5-8(2)6-7;;;/h2*3-4,6H,1-2H3;;2*1H/q;;+2;;/p-2. The van der Waals surface area contributed by atoms with Crippen molar-refractivity contribution in [1.29, 1.82) is 0 Å². The molecule has 0 fully saturated rings. The number of hydrogen-bond donors (Lipinski definition) is 0. The Morgan fingerprint density at radius 3 is 1.37 bits per heavy atom. The van der Waals surface area contributed by atoms with E-state index in [9.17, 15) is 0 Å². The fourth-order valence-electron chi connectivity index (χ4n) is 2.37. The van der Waals surface area contributed by atoms with Crippen molar-refractivity contribution in [2.45, 2.75) is 27.7 Å². The van der Waals surface area contributed by atoms with E-state index >= 15 is 0 Å². The van der Waals surface area contributed by atoms with E-state index in [1.54, 1.807) is 0 Å². The molecule has 0 aliphatic rings. The summed E-state index contributed by atoms with van der Waals surface area (Å²) in [6, 6.07) is 12.8. The van der Waals surface area contributed by atoms with Crippen LogP contribution in [0.2, 0.25) is 0 Å². The zero-order chi connectivity index (χ0) is 14.2. The van der Waals surface area contributed by atoms with Gasteiger partial charge in [-0.25, -0.2) is 0 Å². The van der Waals surface area contributed by atoms with E-state index in [1.165, 1.54) is 28.8 Å². The van der Waals surface area contributed by atoms with Crippen LogP contribution in [0, 0.1) is 27.7 Å². The van der Waals surface area contributed by atoms with Crippen molar-refractivity contribution in [3.8, 4) is 0 Å². The van der Waals surface area contributed by atoms with Crippen LogP contribution in [0.15, 0.2) is 36.4 Å². The number of halogens is 2. The summed E-state index contributed by atoms with van der Waals surface area (Å²) in [6.07, 6.45) is 0. The number of hydrogen-bond acceptors (Lipinski definition) is 0. The summed E-state index contributed by atoms with van der Waals surface area (Å²) in [7, 11) is 13.8. The van der Waals surface area contributed by atoms with Crippen molar-refractivity contribution in [1.82, 2.24) is 0 Å². The van der Waals surface area contributed by atoms with Gasteiger partial charge in [-0.1, -0.05) is 0 Å². The SMILES string of the molecule is Cc1cc[c]([Bi]([Cl])([Cl])[c]2ccc(C)cc2C)c(C)c1. The molecule has 0 spiro atoms. The zero-order valence-electron chi connectivity index (χ0n) is 11.7. The van der Waals surface area contributed by atoms with E-state index in [4.69, 9.17) is 17.0 Å². The molecule has 19 heavy (non-hydrogen) atoms. The Balaban J connectivity index is 2.58. The van der Waals surface area contributed by atoms with E-state index in [1.807, 2.05) is 0 Å². The molecule has 0 N–H and O–H groups in total. The predicted molar refractivity (Wildman–Crippen MR) is 88.6 cm³/mol. The first kappa shape index (κ1) is 15.3. The van der Waals surface area contributed by atoms with Gasteiger partial charge in [0.25, 0.3) is 0 Å². The molecule has 2 aromatic rings. The minimum atomic E-state index is -3.55. The molecule has 2 rings (SSSR count). The maximum atomic E-state index is 6.88. The predicted octanol–water partition coefficient (Wildman–Crippen LogP) is 3.95. The summed E-state index contributed by atoms with van der Waals surface area (Å²) in [5.41, 5.74) is 4.92. The Labute approximate surface area is 127 Å². The van der Waals surface area contributed by atoms with Gasteiger partial charge < -0.3 is 0 Å². The van der Waals surface area contributed by atoms with E-state index in [-0.39, 0.29) is 0 Å². The molecule has 1 radical (unpaired) electrons. The van der Waals surface area contributed by atoms with Gasteiger partial charge in [0.2, 0.25) is 0 Å². The summed E-state index contributed by atoms with van der Waals surface area (Å²) in [5, 5.41) is 0. The average Bonchev–Trinajstić information content (AvgIpc) is 2.27. The molecule has 0 saturated carbocycles. The molecule has 0 heterocycles. The van der Waals surface area contributed by atoms with Crippen molar-refractivity contribution in [3.05, 3.63) is 58.7 Å². The van der Waals surface area contributed by atoms with Crippen molar-refractivity contribution >= 4 is 41.4 Å². The second-order valence-corrected chi connectivity index (χ2v) is 23.3. The van der Waals surface area contributed by atoms with Gasteiger partial charge in [0.05, 0.1) is 0 Å². The normalized spacial score (nSPS) is 11.7. The molecule has 2 aromatic carbocycles. The number of rotatable bonds is 2. The molecule has 0 unspecified atom stereocenters. The van der Waals surface area contributed by atoms with Crippen LogP contribution in [0.1, 0.15) is 22.3 Å². The van der Waals surface area contributed by atoms with Crippen LogP contribution in [0.4, 0.5) is 0 Å². The van der Waals surface area contributed by atoms with Gasteiger partial charge in [0.1, 0.15) is 0 Å². The third-order valence-electron chi connectivity index (χ3n) is 3.31. The maximum absolute atomic E-state index is 6.88. The third-order valence-corrected chi connectivity index (χ3v) is 18.3. The fraction of sp³-hybridized carbons (Fsp3) is 0.250. The molecule has 0 saturated heterocycles. The Hall–Kier alpha value is -0.0969. The van der Waals surface area contributed by atoms with Crippen LogP contribution in [-0.2, 0) is 0 Å². The fourth-order valence-corrected chi connectivity index (χ4v) is 16.0. The summed E-state index contributed by atoms with van der Waals surface area (Å²) in [6.45, 7) is 8.38. The van der Waals surface area contributed by atoms with Crippen LogP contribution in [-0.4, -0.2) is 17.9 Å². The number of benzene rings is 2. The minimum absolute atomic E-state index is 1.17. The van der Waals surface area contributed by atoms with Crippen molar-refractivity contribution in [2.75, 3.05) is 0 Å². The van der Waals surface area contributed by atoms with E-state index < -0.39 is 17.9 Å². The van der Waals surface area contributed by atoms with E-state index in [0.29, 0.717) is 0 Å². The first-order valence-electron chi connectivity index (χ1n) is 6.26. The molecular weight excluding hydrogens is 472 g/mol. The topological polar surface area (TPSA) is 0 Å². The molecule has 0 aliphatic heterocycles. The van der Waals surface area contributed by atoms with Crippen LogP contribution in [0.25, 0.3) is 0 Å². The van der Waals surface area contributed by atoms with Gasteiger partial charge in [0, 0.05) is 0 Å². The van der Waals surface area contributed by atoms with Crippen LogP contribution < -0.4 is 6.54 Å². The summed E-state index contributed by atoms with van der Waals surface area (Å²) < 4.78 is 2.33. The first-order valence-corrected chi connectivity index (χ1v) is 18.3. The van der Waals surface area contributed by atoms with Gasteiger partial charge >= 0.3 is 128 Å². The third kappa shape index (κ3) is 3.15. The number of aryl methyl sites for hydroxylation is 4. The summed E-state index contributed by atoms with van der Waals surface area (Å²) >= 11 is -3.55. The molecule has 0 amide bonds. The Kier molecular flexibility index (Phi) is 4.60. The van der Waals surface area contributed by atoms with E-state index in [2.05, 4.69) is 64.1 Å². The quantitative estimate of drug-likeness (QED) is 0.560. The van der Waals surface area contributed by atoms with Gasteiger partial charge in [0.15, 0.2) is 0 Å². The summed E-state index contributed by atoms with van der Waals surface area (Å²) in [4.78, 5) is 0. The van der Waals surface area contributed by atoms with Gasteiger partial charge in [-0.05, 0) is 0 Å². The monoisotopic (exact) mass is 489 g/mol.